The topological polar surface area (TPSA) is 43.4 Å². The fraction of sp³-hybridized carbons (Fsp3) is 0.474. The van der Waals surface area contributed by atoms with Crippen LogP contribution < -0.4 is 0 Å². The molecule has 120 valence electrons. The number of hydrogen-bond donors (Lipinski definition) is 0. The molecule has 1 aromatic rings. The van der Waals surface area contributed by atoms with Crippen molar-refractivity contribution in [2.24, 2.45) is 5.92 Å². The zero-order valence-corrected chi connectivity index (χ0v) is 13.6. The first-order valence-electron chi connectivity index (χ1n) is 7.90. The lowest BCUT2D eigenvalue weighted by Gasteiger charge is -2.14. The maximum Gasteiger partial charge on any atom is 0.302 e. The first kappa shape index (κ1) is 18.1. The fourth-order valence-corrected chi connectivity index (χ4v) is 2.26. The number of ether oxygens (including phenoxy) is 1. The molecule has 3 nitrogen and oxygen atoms in total. The number of carbonyl (C=O) groups is 2. The average molecular weight is 302 g/mol. The van der Waals surface area contributed by atoms with Gasteiger partial charge in [0.15, 0.2) is 5.78 Å². The minimum Gasteiger partial charge on any atom is -0.466 e. The van der Waals surface area contributed by atoms with Crippen molar-refractivity contribution < 1.29 is 14.3 Å². The fourth-order valence-electron chi connectivity index (χ4n) is 2.26. The number of esters is 1. The van der Waals surface area contributed by atoms with Gasteiger partial charge in [0.05, 0.1) is 6.61 Å². The maximum atomic E-state index is 12.1. The molecule has 0 bridgehead atoms. The minimum absolute atomic E-state index is 0.170. The summed E-state index contributed by atoms with van der Waals surface area (Å²) in [5.74, 6) is 0.141. The summed E-state index contributed by atoms with van der Waals surface area (Å²) >= 11 is 0. The number of allylic oxidation sites excluding steroid dienone is 1. The molecule has 1 rings (SSSR count). The average Bonchev–Trinajstić information content (AvgIpc) is 2.50. The number of carbonyl (C=O) groups excluding carboxylic acids is 2. The van der Waals surface area contributed by atoms with Gasteiger partial charge in [-0.05, 0) is 31.6 Å². The van der Waals surface area contributed by atoms with Crippen LogP contribution in [0.15, 0.2) is 42.5 Å². The van der Waals surface area contributed by atoms with Gasteiger partial charge in [0.25, 0.3) is 0 Å². The van der Waals surface area contributed by atoms with E-state index < -0.39 is 0 Å². The third-order valence-corrected chi connectivity index (χ3v) is 3.73. The number of Topliss-reactive ketones (excluding diaryl/α,β-unsaturated/α-hetero) is 1. The Kier molecular flexibility index (Phi) is 8.19. The van der Waals surface area contributed by atoms with Gasteiger partial charge in [0.2, 0.25) is 0 Å². The lowest BCUT2D eigenvalue weighted by Crippen LogP contribution is -2.08. The Hall–Kier alpha value is -1.90. The van der Waals surface area contributed by atoms with E-state index in [0.29, 0.717) is 13.0 Å². The van der Waals surface area contributed by atoms with Crippen LogP contribution in [0.2, 0.25) is 0 Å². The summed E-state index contributed by atoms with van der Waals surface area (Å²) in [5, 5.41) is 0. The normalized spacial score (nSPS) is 11.7. The quantitative estimate of drug-likeness (QED) is 0.275. The molecule has 0 heterocycles. The SMILES string of the molecule is C=C(CCCCCOC(C)=O)C(C)CC(=O)c1ccccc1. The Morgan fingerprint density at radius 1 is 1.14 bits per heavy atom. The molecule has 0 spiro atoms. The van der Waals surface area contributed by atoms with Crippen LogP contribution in [-0.4, -0.2) is 18.4 Å². The van der Waals surface area contributed by atoms with Gasteiger partial charge in [0.1, 0.15) is 0 Å². The number of ketones is 1. The highest BCUT2D eigenvalue weighted by atomic mass is 16.5. The van der Waals surface area contributed by atoms with E-state index in [2.05, 4.69) is 13.5 Å². The second kappa shape index (κ2) is 9.93. The van der Waals surface area contributed by atoms with E-state index in [-0.39, 0.29) is 17.7 Å². The third kappa shape index (κ3) is 7.21. The highest BCUT2D eigenvalue weighted by Crippen LogP contribution is 2.21. The van der Waals surface area contributed by atoms with E-state index in [0.717, 1.165) is 36.8 Å². The molecule has 1 atom stereocenters. The molecule has 1 unspecified atom stereocenters. The Bertz CT molecular complexity index is 491. The van der Waals surface area contributed by atoms with Crippen molar-refractivity contribution in [3.8, 4) is 0 Å². The zero-order chi connectivity index (χ0) is 16.4. The molecular weight excluding hydrogens is 276 g/mol. The van der Waals surface area contributed by atoms with E-state index >= 15 is 0 Å². The molecule has 0 aliphatic rings. The van der Waals surface area contributed by atoms with Crippen LogP contribution in [-0.2, 0) is 9.53 Å². The van der Waals surface area contributed by atoms with Crippen molar-refractivity contribution in [3.05, 3.63) is 48.0 Å². The molecule has 0 radical (unpaired) electrons. The van der Waals surface area contributed by atoms with Crippen molar-refractivity contribution in [2.45, 2.75) is 46.0 Å². The van der Waals surface area contributed by atoms with Crippen LogP contribution in [0.3, 0.4) is 0 Å². The lowest BCUT2D eigenvalue weighted by atomic mass is 9.91. The predicted octanol–water partition coefficient (Wildman–Crippen LogP) is 4.58. The molecule has 0 aliphatic heterocycles. The smallest absolute Gasteiger partial charge is 0.302 e. The van der Waals surface area contributed by atoms with Crippen LogP contribution in [0, 0.1) is 5.92 Å². The van der Waals surface area contributed by atoms with Gasteiger partial charge in [-0.2, -0.15) is 0 Å². The van der Waals surface area contributed by atoms with Crippen molar-refractivity contribution in [2.75, 3.05) is 6.61 Å². The van der Waals surface area contributed by atoms with Crippen LogP contribution in [0.5, 0.6) is 0 Å². The standard InChI is InChI=1S/C19H26O3/c1-15(10-6-5-9-13-22-17(3)20)16(2)14-19(21)18-11-7-4-8-12-18/h4,7-8,11-12,16H,1,5-6,9-10,13-14H2,2-3H3. The predicted molar refractivity (Wildman–Crippen MR) is 88.8 cm³/mol. The molecule has 0 fully saturated rings. The van der Waals surface area contributed by atoms with Crippen molar-refractivity contribution in [1.82, 2.24) is 0 Å². The molecule has 22 heavy (non-hydrogen) atoms. The Labute approximate surface area is 133 Å². The molecule has 0 saturated carbocycles. The van der Waals surface area contributed by atoms with Crippen LogP contribution in [0.1, 0.15) is 56.3 Å². The number of hydrogen-bond acceptors (Lipinski definition) is 3. The summed E-state index contributed by atoms with van der Waals surface area (Å²) < 4.78 is 4.89. The van der Waals surface area contributed by atoms with Crippen molar-refractivity contribution >= 4 is 11.8 Å². The van der Waals surface area contributed by atoms with E-state index in [1.54, 1.807) is 0 Å². The summed E-state index contributed by atoms with van der Waals surface area (Å²) in [5.41, 5.74) is 1.89. The van der Waals surface area contributed by atoms with Gasteiger partial charge >= 0.3 is 5.97 Å². The summed E-state index contributed by atoms with van der Waals surface area (Å²) in [6.45, 7) is 8.08. The largest absolute Gasteiger partial charge is 0.466 e. The Morgan fingerprint density at radius 2 is 1.82 bits per heavy atom. The molecule has 1 aromatic carbocycles. The second-order valence-electron chi connectivity index (χ2n) is 5.70. The Balaban J connectivity index is 2.22. The number of benzene rings is 1. The zero-order valence-electron chi connectivity index (χ0n) is 13.6. The second-order valence-corrected chi connectivity index (χ2v) is 5.70. The lowest BCUT2D eigenvalue weighted by molar-refractivity contribution is -0.141. The summed E-state index contributed by atoms with van der Waals surface area (Å²) in [4.78, 5) is 22.8. The van der Waals surface area contributed by atoms with Gasteiger partial charge < -0.3 is 4.74 Å². The van der Waals surface area contributed by atoms with Crippen molar-refractivity contribution in [1.29, 1.82) is 0 Å². The summed E-state index contributed by atoms with van der Waals surface area (Å²) in [7, 11) is 0. The van der Waals surface area contributed by atoms with Gasteiger partial charge in [-0.25, -0.2) is 0 Å². The van der Waals surface area contributed by atoms with Gasteiger partial charge in [-0.15, -0.1) is 0 Å². The van der Waals surface area contributed by atoms with Crippen LogP contribution >= 0.6 is 0 Å². The summed E-state index contributed by atoms with van der Waals surface area (Å²) in [6.07, 6.45) is 4.33. The highest BCUT2D eigenvalue weighted by Gasteiger charge is 2.13. The Morgan fingerprint density at radius 3 is 2.45 bits per heavy atom. The first-order chi connectivity index (χ1) is 10.5. The monoisotopic (exact) mass is 302 g/mol. The van der Waals surface area contributed by atoms with Gasteiger partial charge in [0, 0.05) is 18.9 Å². The molecule has 3 heteroatoms. The summed E-state index contributed by atoms with van der Waals surface area (Å²) in [6, 6.07) is 9.39. The maximum absolute atomic E-state index is 12.1. The van der Waals surface area contributed by atoms with Crippen molar-refractivity contribution in [3.63, 3.8) is 0 Å². The highest BCUT2D eigenvalue weighted by molar-refractivity contribution is 5.96. The molecule has 0 N–H and O–H groups in total. The molecule has 0 saturated heterocycles. The third-order valence-electron chi connectivity index (χ3n) is 3.73. The number of rotatable bonds is 10. The first-order valence-corrected chi connectivity index (χ1v) is 7.90. The molecule has 0 aromatic heterocycles. The molecule has 0 aliphatic carbocycles. The van der Waals surface area contributed by atoms with Gasteiger partial charge in [-0.3, -0.25) is 9.59 Å². The van der Waals surface area contributed by atoms with Crippen LogP contribution in [0.25, 0.3) is 0 Å². The minimum atomic E-state index is -0.225. The number of unbranched alkanes of at least 4 members (excludes halogenated alkanes) is 2. The van der Waals surface area contributed by atoms with E-state index in [1.165, 1.54) is 6.92 Å². The van der Waals surface area contributed by atoms with E-state index in [1.807, 2.05) is 30.3 Å². The van der Waals surface area contributed by atoms with Crippen LogP contribution in [0.4, 0.5) is 0 Å². The van der Waals surface area contributed by atoms with E-state index in [4.69, 9.17) is 4.74 Å². The molecular formula is C19H26O3. The molecule has 0 amide bonds. The van der Waals surface area contributed by atoms with E-state index in [9.17, 15) is 9.59 Å². The van der Waals surface area contributed by atoms with Gasteiger partial charge in [-0.1, -0.05) is 49.4 Å².